The number of carbonyl (C=O) groups is 1. The van der Waals surface area contributed by atoms with Crippen molar-refractivity contribution in [1.29, 1.82) is 0 Å². The van der Waals surface area contributed by atoms with Crippen molar-refractivity contribution < 1.29 is 9.53 Å². The minimum atomic E-state index is -0.535. The van der Waals surface area contributed by atoms with Crippen LogP contribution in [0.25, 0.3) is 0 Å². The summed E-state index contributed by atoms with van der Waals surface area (Å²) < 4.78 is 5.75. The minimum absolute atomic E-state index is 0.132. The van der Waals surface area contributed by atoms with Crippen molar-refractivity contribution in [3.63, 3.8) is 0 Å². The topological polar surface area (TPSA) is 51.2 Å². The van der Waals surface area contributed by atoms with Crippen LogP contribution in [0.3, 0.4) is 0 Å². The molecule has 1 aromatic carbocycles. The van der Waals surface area contributed by atoms with Crippen molar-refractivity contribution in [3.8, 4) is 5.75 Å². The van der Waals surface area contributed by atoms with Crippen LogP contribution >= 0.6 is 0 Å². The zero-order chi connectivity index (χ0) is 15.2. The zero-order valence-electron chi connectivity index (χ0n) is 12.6. The number of pyridine rings is 1. The number of rotatable bonds is 5. The Morgan fingerprint density at radius 2 is 1.95 bits per heavy atom. The summed E-state index contributed by atoms with van der Waals surface area (Å²) in [4.78, 5) is 16.0. The van der Waals surface area contributed by atoms with E-state index >= 15 is 0 Å². The van der Waals surface area contributed by atoms with Gasteiger partial charge in [0.05, 0.1) is 0 Å². The number of hydrogen-bond acceptors (Lipinski definition) is 3. The van der Waals surface area contributed by atoms with Crippen LogP contribution < -0.4 is 10.1 Å². The van der Waals surface area contributed by atoms with Crippen molar-refractivity contribution in [3.05, 3.63) is 59.4 Å². The fraction of sp³-hybridized carbons (Fsp3) is 0.294. The van der Waals surface area contributed by atoms with Gasteiger partial charge in [0.1, 0.15) is 5.75 Å². The number of ether oxygens (including phenoxy) is 1. The lowest BCUT2D eigenvalue weighted by molar-refractivity contribution is -0.127. The monoisotopic (exact) mass is 284 g/mol. The lowest BCUT2D eigenvalue weighted by atomic mass is 10.1. The normalized spacial score (nSPS) is 11.8. The number of amides is 1. The Morgan fingerprint density at radius 3 is 2.67 bits per heavy atom. The molecule has 0 spiro atoms. The van der Waals surface area contributed by atoms with Gasteiger partial charge in [0, 0.05) is 18.9 Å². The lowest BCUT2D eigenvalue weighted by Crippen LogP contribution is -2.36. The van der Waals surface area contributed by atoms with Gasteiger partial charge in [0.15, 0.2) is 6.10 Å². The molecule has 0 unspecified atom stereocenters. The molecule has 1 N–H and O–H groups in total. The molecular formula is C17H20N2O2. The summed E-state index contributed by atoms with van der Waals surface area (Å²) in [7, 11) is 0. The Kier molecular flexibility index (Phi) is 4.93. The van der Waals surface area contributed by atoms with E-state index < -0.39 is 6.10 Å². The third-order valence-corrected chi connectivity index (χ3v) is 3.44. The highest BCUT2D eigenvalue weighted by molar-refractivity contribution is 5.80. The second kappa shape index (κ2) is 6.88. The van der Waals surface area contributed by atoms with Gasteiger partial charge >= 0.3 is 0 Å². The van der Waals surface area contributed by atoms with Gasteiger partial charge in [-0.25, -0.2) is 0 Å². The molecule has 0 fully saturated rings. The fourth-order valence-electron chi connectivity index (χ4n) is 1.93. The highest BCUT2D eigenvalue weighted by Gasteiger charge is 2.15. The van der Waals surface area contributed by atoms with Crippen LogP contribution in [0, 0.1) is 13.8 Å². The van der Waals surface area contributed by atoms with Gasteiger partial charge < -0.3 is 10.1 Å². The molecule has 0 aliphatic rings. The van der Waals surface area contributed by atoms with Gasteiger partial charge in [-0.05, 0) is 55.7 Å². The molecule has 2 rings (SSSR count). The predicted molar refractivity (Wildman–Crippen MR) is 82.1 cm³/mol. The Hall–Kier alpha value is -2.36. The number of nitrogens with zero attached hydrogens (tertiary/aromatic N) is 1. The van der Waals surface area contributed by atoms with E-state index in [2.05, 4.69) is 10.3 Å². The molecule has 110 valence electrons. The first-order valence-electron chi connectivity index (χ1n) is 6.97. The number of hydrogen-bond donors (Lipinski definition) is 1. The van der Waals surface area contributed by atoms with E-state index in [-0.39, 0.29) is 5.91 Å². The summed E-state index contributed by atoms with van der Waals surface area (Å²) in [6, 6.07) is 9.58. The first-order chi connectivity index (χ1) is 10.1. The number of aromatic nitrogens is 1. The second-order valence-electron chi connectivity index (χ2n) is 5.03. The fourth-order valence-corrected chi connectivity index (χ4v) is 1.93. The average Bonchev–Trinajstić information content (AvgIpc) is 2.50. The molecule has 0 aliphatic carbocycles. The maximum atomic E-state index is 12.1. The second-order valence-corrected chi connectivity index (χ2v) is 5.03. The highest BCUT2D eigenvalue weighted by atomic mass is 16.5. The molecule has 21 heavy (non-hydrogen) atoms. The van der Waals surface area contributed by atoms with E-state index in [1.54, 1.807) is 19.3 Å². The number of carbonyl (C=O) groups excluding carboxylic acids is 1. The third kappa shape index (κ3) is 4.05. The molecule has 1 atom stereocenters. The van der Waals surface area contributed by atoms with Crippen molar-refractivity contribution in [2.75, 3.05) is 0 Å². The third-order valence-electron chi connectivity index (χ3n) is 3.44. The molecule has 0 radical (unpaired) electrons. The molecule has 4 heteroatoms. The van der Waals surface area contributed by atoms with Crippen molar-refractivity contribution in [1.82, 2.24) is 10.3 Å². The summed E-state index contributed by atoms with van der Waals surface area (Å²) in [5.74, 6) is 0.620. The minimum Gasteiger partial charge on any atom is -0.481 e. The van der Waals surface area contributed by atoms with Gasteiger partial charge in [0.2, 0.25) is 0 Å². The van der Waals surface area contributed by atoms with Crippen molar-refractivity contribution >= 4 is 5.91 Å². The van der Waals surface area contributed by atoms with Crippen molar-refractivity contribution in [2.24, 2.45) is 0 Å². The Labute approximate surface area is 125 Å². The molecule has 1 heterocycles. The van der Waals surface area contributed by atoms with Crippen LogP contribution in [-0.2, 0) is 11.3 Å². The van der Waals surface area contributed by atoms with Gasteiger partial charge in [-0.1, -0.05) is 12.1 Å². The van der Waals surface area contributed by atoms with E-state index in [0.717, 1.165) is 22.4 Å². The van der Waals surface area contributed by atoms with Crippen LogP contribution in [0.15, 0.2) is 42.7 Å². The van der Waals surface area contributed by atoms with E-state index in [0.29, 0.717) is 6.54 Å². The summed E-state index contributed by atoms with van der Waals surface area (Å²) in [5, 5.41) is 2.86. The smallest absolute Gasteiger partial charge is 0.261 e. The molecule has 0 bridgehead atoms. The molecular weight excluding hydrogens is 264 g/mol. The maximum Gasteiger partial charge on any atom is 0.261 e. The molecule has 0 saturated carbocycles. The molecule has 0 aliphatic heterocycles. The summed E-state index contributed by atoms with van der Waals surface area (Å²) in [6.07, 6.45) is 2.88. The standard InChI is InChI=1S/C17H20N2O2/c1-12-5-4-6-16(13(12)2)21-14(3)17(20)19-11-15-7-9-18-10-8-15/h4-10,14H,11H2,1-3H3,(H,19,20)/t14-/m1/s1. The lowest BCUT2D eigenvalue weighted by Gasteiger charge is -2.17. The molecule has 1 aromatic heterocycles. The van der Waals surface area contributed by atoms with E-state index in [9.17, 15) is 4.79 Å². The van der Waals surface area contributed by atoms with Gasteiger partial charge in [0.25, 0.3) is 5.91 Å². The van der Waals surface area contributed by atoms with Crippen LogP contribution in [0.1, 0.15) is 23.6 Å². The Morgan fingerprint density at radius 1 is 1.24 bits per heavy atom. The SMILES string of the molecule is Cc1cccc(O[C@H](C)C(=O)NCc2ccncc2)c1C. The van der Waals surface area contributed by atoms with Gasteiger partial charge in [-0.2, -0.15) is 0 Å². The van der Waals surface area contributed by atoms with E-state index in [1.807, 2.05) is 44.2 Å². The molecule has 2 aromatic rings. The predicted octanol–water partition coefficient (Wildman–Crippen LogP) is 2.78. The van der Waals surface area contributed by atoms with Gasteiger partial charge in [-0.3, -0.25) is 9.78 Å². The van der Waals surface area contributed by atoms with Crippen molar-refractivity contribution in [2.45, 2.75) is 33.4 Å². The summed E-state index contributed by atoms with van der Waals surface area (Å²) in [6.45, 7) is 6.24. The van der Waals surface area contributed by atoms with Crippen LogP contribution in [0.2, 0.25) is 0 Å². The Balaban J connectivity index is 1.92. The van der Waals surface area contributed by atoms with E-state index in [1.165, 1.54) is 0 Å². The number of nitrogens with one attached hydrogen (secondary N) is 1. The maximum absolute atomic E-state index is 12.1. The van der Waals surface area contributed by atoms with Crippen LogP contribution in [-0.4, -0.2) is 17.0 Å². The zero-order valence-corrected chi connectivity index (χ0v) is 12.6. The largest absolute Gasteiger partial charge is 0.481 e. The first kappa shape index (κ1) is 15.0. The average molecular weight is 284 g/mol. The Bertz CT molecular complexity index is 611. The molecule has 0 saturated heterocycles. The van der Waals surface area contributed by atoms with Crippen LogP contribution in [0.5, 0.6) is 5.75 Å². The molecule has 4 nitrogen and oxygen atoms in total. The number of aryl methyl sites for hydroxylation is 1. The van der Waals surface area contributed by atoms with Crippen LogP contribution in [0.4, 0.5) is 0 Å². The molecule has 1 amide bonds. The summed E-state index contributed by atoms with van der Waals surface area (Å²) in [5.41, 5.74) is 3.22. The number of benzene rings is 1. The van der Waals surface area contributed by atoms with Gasteiger partial charge in [-0.15, -0.1) is 0 Å². The van der Waals surface area contributed by atoms with E-state index in [4.69, 9.17) is 4.74 Å². The highest BCUT2D eigenvalue weighted by Crippen LogP contribution is 2.21. The quantitative estimate of drug-likeness (QED) is 0.918. The summed E-state index contributed by atoms with van der Waals surface area (Å²) >= 11 is 0. The first-order valence-corrected chi connectivity index (χ1v) is 6.97.